The van der Waals surface area contributed by atoms with Crippen molar-refractivity contribution in [2.24, 2.45) is 0 Å². The van der Waals surface area contributed by atoms with Gasteiger partial charge in [0.05, 0.1) is 12.6 Å². The molecule has 0 saturated heterocycles. The molecule has 0 aliphatic heterocycles. The Morgan fingerprint density at radius 3 is 2.93 bits per heavy atom. The van der Waals surface area contributed by atoms with E-state index in [1.54, 1.807) is 6.20 Å². The fourth-order valence-electron chi connectivity index (χ4n) is 1.41. The summed E-state index contributed by atoms with van der Waals surface area (Å²) in [4.78, 5) is 6.33. The van der Waals surface area contributed by atoms with Crippen molar-refractivity contribution in [1.29, 1.82) is 0 Å². The molecule has 0 aromatic carbocycles. The summed E-state index contributed by atoms with van der Waals surface area (Å²) in [5, 5.41) is 12.2. The van der Waals surface area contributed by atoms with E-state index >= 15 is 0 Å². The third kappa shape index (κ3) is 2.91. The van der Waals surface area contributed by atoms with Crippen LogP contribution in [0.15, 0.2) is 18.3 Å². The molecular weight excluding hydrogens is 190 g/mol. The molecule has 0 bridgehead atoms. The van der Waals surface area contributed by atoms with Gasteiger partial charge in [0.25, 0.3) is 0 Å². The van der Waals surface area contributed by atoms with Gasteiger partial charge in [-0.15, -0.1) is 0 Å². The van der Waals surface area contributed by atoms with E-state index in [1.165, 1.54) is 0 Å². The molecule has 0 amide bonds. The largest absolute Gasteiger partial charge is 0.394 e. The third-order valence-electron chi connectivity index (χ3n) is 2.49. The number of aromatic nitrogens is 1. The average molecular weight is 209 g/mol. The van der Waals surface area contributed by atoms with Crippen LogP contribution in [0.5, 0.6) is 0 Å². The molecule has 0 radical (unpaired) electrons. The number of likely N-dealkylation sites (N-methyl/N-ethyl adjacent to an activating group) is 1. The van der Waals surface area contributed by atoms with E-state index in [-0.39, 0.29) is 12.6 Å². The monoisotopic (exact) mass is 209 g/mol. The van der Waals surface area contributed by atoms with Crippen molar-refractivity contribution in [2.45, 2.75) is 19.5 Å². The van der Waals surface area contributed by atoms with E-state index in [2.05, 4.69) is 10.3 Å². The van der Waals surface area contributed by atoms with Crippen LogP contribution in [-0.2, 0) is 6.54 Å². The average Bonchev–Trinajstić information content (AvgIpc) is 2.28. The topological polar surface area (TPSA) is 48.4 Å². The highest BCUT2D eigenvalue weighted by Gasteiger charge is 2.13. The van der Waals surface area contributed by atoms with Gasteiger partial charge < -0.3 is 15.3 Å². The molecule has 84 valence electrons. The van der Waals surface area contributed by atoms with Crippen molar-refractivity contribution in [3.05, 3.63) is 23.9 Å². The molecule has 1 rings (SSSR count). The highest BCUT2D eigenvalue weighted by Crippen LogP contribution is 2.17. The van der Waals surface area contributed by atoms with Crippen LogP contribution in [0.25, 0.3) is 0 Å². The Labute approximate surface area is 90.9 Å². The Balaban J connectivity index is 2.91. The van der Waals surface area contributed by atoms with Crippen LogP contribution in [0, 0.1) is 0 Å². The molecule has 1 atom stereocenters. The van der Waals surface area contributed by atoms with Gasteiger partial charge in [-0.1, -0.05) is 6.07 Å². The lowest BCUT2D eigenvalue weighted by Crippen LogP contribution is -2.33. The van der Waals surface area contributed by atoms with Crippen LogP contribution >= 0.6 is 0 Å². The zero-order chi connectivity index (χ0) is 11.3. The molecular formula is C11H19N3O. The highest BCUT2D eigenvalue weighted by atomic mass is 16.3. The van der Waals surface area contributed by atoms with E-state index in [1.807, 2.05) is 38.1 Å². The molecule has 0 aliphatic rings. The fraction of sp³-hybridized carbons (Fsp3) is 0.545. The van der Waals surface area contributed by atoms with Crippen molar-refractivity contribution in [3.8, 4) is 0 Å². The molecule has 4 heteroatoms. The number of aliphatic hydroxyl groups is 1. The minimum Gasteiger partial charge on any atom is -0.394 e. The zero-order valence-corrected chi connectivity index (χ0v) is 9.57. The molecule has 0 fully saturated rings. The van der Waals surface area contributed by atoms with Crippen molar-refractivity contribution < 1.29 is 5.11 Å². The van der Waals surface area contributed by atoms with Gasteiger partial charge in [0.2, 0.25) is 0 Å². The van der Waals surface area contributed by atoms with Gasteiger partial charge in [-0.05, 0) is 20.0 Å². The summed E-state index contributed by atoms with van der Waals surface area (Å²) in [5.74, 6) is 0.924. The summed E-state index contributed by atoms with van der Waals surface area (Å²) in [6.45, 7) is 2.88. The predicted octanol–water partition coefficient (Wildman–Crippen LogP) is 0.618. The van der Waals surface area contributed by atoms with Crippen molar-refractivity contribution in [3.63, 3.8) is 0 Å². The number of pyridine rings is 1. The van der Waals surface area contributed by atoms with E-state index in [0.29, 0.717) is 0 Å². The number of aliphatic hydroxyl groups excluding tert-OH is 1. The predicted molar refractivity (Wildman–Crippen MR) is 62.0 cm³/mol. The maximum Gasteiger partial charge on any atom is 0.133 e. The Bertz CT molecular complexity index is 304. The van der Waals surface area contributed by atoms with Crippen LogP contribution in [0.4, 0.5) is 5.82 Å². The summed E-state index contributed by atoms with van der Waals surface area (Å²) in [6.07, 6.45) is 1.77. The van der Waals surface area contributed by atoms with Crippen molar-refractivity contribution in [1.82, 2.24) is 10.3 Å². The molecule has 1 aromatic heterocycles. The minimum atomic E-state index is 0.0792. The smallest absolute Gasteiger partial charge is 0.133 e. The van der Waals surface area contributed by atoms with E-state index in [0.717, 1.165) is 17.9 Å². The number of nitrogens with one attached hydrogen (secondary N) is 1. The second-order valence-corrected chi connectivity index (χ2v) is 3.66. The zero-order valence-electron chi connectivity index (χ0n) is 9.57. The first-order valence-electron chi connectivity index (χ1n) is 5.13. The van der Waals surface area contributed by atoms with Gasteiger partial charge >= 0.3 is 0 Å². The molecule has 15 heavy (non-hydrogen) atoms. The standard InChI is InChI=1S/C11H19N3O/c1-9(8-15)14(3)11-10(7-12-2)5-4-6-13-11/h4-6,9,12,15H,7-8H2,1-3H3. The molecule has 0 saturated carbocycles. The number of nitrogens with zero attached hydrogens (tertiary/aromatic N) is 2. The van der Waals surface area contributed by atoms with Gasteiger partial charge in [-0.3, -0.25) is 0 Å². The summed E-state index contributed by atoms with van der Waals surface area (Å²) in [7, 11) is 3.86. The maximum absolute atomic E-state index is 9.10. The number of anilines is 1. The van der Waals surface area contributed by atoms with Gasteiger partial charge in [-0.2, -0.15) is 0 Å². The van der Waals surface area contributed by atoms with Crippen LogP contribution in [0.2, 0.25) is 0 Å². The lowest BCUT2D eigenvalue weighted by Gasteiger charge is -2.26. The SMILES string of the molecule is CNCc1cccnc1N(C)C(C)CO. The lowest BCUT2D eigenvalue weighted by atomic mass is 10.2. The first kappa shape index (κ1) is 11.9. The molecule has 1 unspecified atom stereocenters. The second kappa shape index (κ2) is 5.68. The quantitative estimate of drug-likeness (QED) is 0.746. The van der Waals surface area contributed by atoms with Gasteiger partial charge in [0, 0.05) is 25.4 Å². The fourth-order valence-corrected chi connectivity index (χ4v) is 1.41. The number of hydrogen-bond acceptors (Lipinski definition) is 4. The van der Waals surface area contributed by atoms with Gasteiger partial charge in [0.15, 0.2) is 0 Å². The Kier molecular flexibility index (Phi) is 4.52. The Morgan fingerprint density at radius 2 is 2.33 bits per heavy atom. The lowest BCUT2D eigenvalue weighted by molar-refractivity contribution is 0.269. The van der Waals surface area contributed by atoms with Crippen LogP contribution < -0.4 is 10.2 Å². The molecule has 0 aliphatic carbocycles. The number of hydrogen-bond donors (Lipinski definition) is 2. The van der Waals surface area contributed by atoms with Gasteiger partial charge in [-0.25, -0.2) is 4.98 Å². The third-order valence-corrected chi connectivity index (χ3v) is 2.49. The highest BCUT2D eigenvalue weighted by molar-refractivity contribution is 5.46. The van der Waals surface area contributed by atoms with Crippen molar-refractivity contribution >= 4 is 5.82 Å². The van der Waals surface area contributed by atoms with Gasteiger partial charge in [0.1, 0.15) is 5.82 Å². The second-order valence-electron chi connectivity index (χ2n) is 3.66. The summed E-state index contributed by atoms with van der Waals surface area (Å²) < 4.78 is 0. The first-order valence-corrected chi connectivity index (χ1v) is 5.13. The maximum atomic E-state index is 9.10. The van der Waals surface area contributed by atoms with Crippen molar-refractivity contribution in [2.75, 3.05) is 25.6 Å². The molecule has 2 N–H and O–H groups in total. The summed E-state index contributed by atoms with van der Waals surface area (Å²) in [5.41, 5.74) is 1.14. The van der Waals surface area contributed by atoms with E-state index in [9.17, 15) is 0 Å². The normalized spacial score (nSPS) is 12.5. The number of rotatable bonds is 5. The van der Waals surface area contributed by atoms with Crippen LogP contribution in [-0.4, -0.2) is 36.8 Å². The van der Waals surface area contributed by atoms with Crippen LogP contribution in [0.3, 0.4) is 0 Å². The Hall–Kier alpha value is -1.13. The molecule has 0 spiro atoms. The minimum absolute atomic E-state index is 0.0792. The molecule has 1 aromatic rings. The summed E-state index contributed by atoms with van der Waals surface area (Å²) in [6, 6.07) is 4.04. The van der Waals surface area contributed by atoms with Crippen LogP contribution in [0.1, 0.15) is 12.5 Å². The molecule has 1 heterocycles. The molecule has 4 nitrogen and oxygen atoms in total. The Morgan fingerprint density at radius 1 is 1.60 bits per heavy atom. The van der Waals surface area contributed by atoms with E-state index in [4.69, 9.17) is 5.11 Å². The first-order chi connectivity index (χ1) is 7.20. The van der Waals surface area contributed by atoms with E-state index < -0.39 is 0 Å². The summed E-state index contributed by atoms with van der Waals surface area (Å²) >= 11 is 0.